The number of hydrogen-bond donors (Lipinski definition) is 3. The minimum atomic E-state index is -0.329. The van der Waals surface area contributed by atoms with Gasteiger partial charge in [-0.15, -0.1) is 12.4 Å². The van der Waals surface area contributed by atoms with E-state index in [1.807, 2.05) is 25.1 Å². The molecule has 2 aliphatic rings. The van der Waals surface area contributed by atoms with E-state index >= 15 is 0 Å². The normalized spacial score (nSPS) is 23.0. The van der Waals surface area contributed by atoms with Crippen molar-refractivity contribution in [2.24, 2.45) is 0 Å². The fourth-order valence-electron chi connectivity index (χ4n) is 2.65. The van der Waals surface area contributed by atoms with Crippen LogP contribution in [0, 0.1) is 0 Å². The van der Waals surface area contributed by atoms with Crippen molar-refractivity contribution in [3.05, 3.63) is 35.4 Å². The maximum Gasteiger partial charge on any atom is 0.251 e. The van der Waals surface area contributed by atoms with Crippen LogP contribution >= 0.6 is 12.4 Å². The molecule has 6 nitrogen and oxygen atoms in total. The van der Waals surface area contributed by atoms with Crippen molar-refractivity contribution < 1.29 is 14.3 Å². The van der Waals surface area contributed by atoms with E-state index in [4.69, 9.17) is 4.74 Å². The Bertz CT molecular complexity index is 592. The second kappa shape index (κ2) is 8.46. The van der Waals surface area contributed by atoms with Gasteiger partial charge in [0.25, 0.3) is 5.91 Å². The SMILES string of the molecule is C[C@H]1OCCN[C@@H]1C(=O)NCc1cccc(C(=O)NC2CC2)c1.Cl. The lowest BCUT2D eigenvalue weighted by atomic mass is 10.1. The lowest BCUT2D eigenvalue weighted by Crippen LogP contribution is -2.55. The molecule has 24 heavy (non-hydrogen) atoms. The van der Waals surface area contributed by atoms with Crippen molar-refractivity contribution >= 4 is 24.2 Å². The van der Waals surface area contributed by atoms with Crippen molar-refractivity contribution in [1.82, 2.24) is 16.0 Å². The summed E-state index contributed by atoms with van der Waals surface area (Å²) in [5.41, 5.74) is 1.54. The quantitative estimate of drug-likeness (QED) is 0.737. The molecule has 7 heteroatoms. The highest BCUT2D eigenvalue weighted by molar-refractivity contribution is 5.94. The van der Waals surface area contributed by atoms with Gasteiger partial charge in [-0.25, -0.2) is 0 Å². The Morgan fingerprint density at radius 1 is 1.33 bits per heavy atom. The average molecular weight is 354 g/mol. The zero-order valence-electron chi connectivity index (χ0n) is 13.7. The molecular weight excluding hydrogens is 330 g/mol. The number of hydrogen-bond acceptors (Lipinski definition) is 4. The highest BCUT2D eigenvalue weighted by Crippen LogP contribution is 2.19. The van der Waals surface area contributed by atoms with Gasteiger partial charge in [0.1, 0.15) is 6.04 Å². The zero-order valence-corrected chi connectivity index (χ0v) is 14.5. The molecule has 3 N–H and O–H groups in total. The van der Waals surface area contributed by atoms with Gasteiger partial charge < -0.3 is 20.7 Å². The molecule has 1 heterocycles. The lowest BCUT2D eigenvalue weighted by molar-refractivity contribution is -0.129. The summed E-state index contributed by atoms with van der Waals surface area (Å²) in [5.74, 6) is -0.123. The number of carbonyl (C=O) groups is 2. The third-order valence-corrected chi connectivity index (χ3v) is 4.17. The molecule has 1 aliphatic carbocycles. The number of benzene rings is 1. The molecule has 3 rings (SSSR count). The number of halogens is 1. The van der Waals surface area contributed by atoms with Crippen LogP contribution in [0.4, 0.5) is 0 Å². The molecule has 132 valence electrons. The standard InChI is InChI=1S/C17H23N3O3.ClH/c1-11-15(18-7-8-23-11)17(22)19-10-12-3-2-4-13(9-12)16(21)20-14-5-6-14;/h2-4,9,11,14-15,18H,5-8,10H2,1H3,(H,19,22)(H,20,21);1H/t11-,15+;/m1./s1. The second-order valence-electron chi connectivity index (χ2n) is 6.17. The Morgan fingerprint density at radius 3 is 2.83 bits per heavy atom. The number of carbonyl (C=O) groups excluding carboxylic acids is 2. The van der Waals surface area contributed by atoms with E-state index in [1.165, 1.54) is 0 Å². The van der Waals surface area contributed by atoms with Crippen molar-refractivity contribution in [3.8, 4) is 0 Å². The Hall–Kier alpha value is -1.63. The van der Waals surface area contributed by atoms with E-state index in [1.54, 1.807) is 6.07 Å². The van der Waals surface area contributed by atoms with Crippen LogP contribution in [-0.2, 0) is 16.1 Å². The summed E-state index contributed by atoms with van der Waals surface area (Å²) in [5, 5.41) is 9.03. The first-order valence-electron chi connectivity index (χ1n) is 8.16. The molecule has 1 saturated carbocycles. The van der Waals surface area contributed by atoms with Gasteiger partial charge >= 0.3 is 0 Å². The molecule has 1 aromatic rings. The fraction of sp³-hybridized carbons (Fsp3) is 0.529. The summed E-state index contributed by atoms with van der Waals surface area (Å²) in [6.07, 6.45) is 1.99. The van der Waals surface area contributed by atoms with Gasteiger partial charge in [-0.2, -0.15) is 0 Å². The topological polar surface area (TPSA) is 79.5 Å². The monoisotopic (exact) mass is 353 g/mol. The number of morpholine rings is 1. The summed E-state index contributed by atoms with van der Waals surface area (Å²) >= 11 is 0. The van der Waals surface area contributed by atoms with Crippen LogP contribution in [-0.4, -0.2) is 43.2 Å². The van der Waals surface area contributed by atoms with Gasteiger partial charge in [0, 0.05) is 24.7 Å². The summed E-state index contributed by atoms with van der Waals surface area (Å²) in [4.78, 5) is 24.3. The largest absolute Gasteiger partial charge is 0.375 e. The van der Waals surface area contributed by atoms with Crippen LogP contribution in [0.25, 0.3) is 0 Å². The second-order valence-corrected chi connectivity index (χ2v) is 6.17. The summed E-state index contributed by atoms with van der Waals surface area (Å²) in [7, 11) is 0. The highest BCUT2D eigenvalue weighted by atomic mass is 35.5. The van der Waals surface area contributed by atoms with E-state index in [2.05, 4.69) is 16.0 Å². The molecule has 0 radical (unpaired) electrons. The fourth-order valence-corrected chi connectivity index (χ4v) is 2.65. The predicted octanol–water partition coefficient (Wildman–Crippen LogP) is 0.994. The van der Waals surface area contributed by atoms with E-state index in [-0.39, 0.29) is 36.4 Å². The van der Waals surface area contributed by atoms with Crippen molar-refractivity contribution in [3.63, 3.8) is 0 Å². The van der Waals surface area contributed by atoms with Gasteiger partial charge in [0.15, 0.2) is 0 Å². The van der Waals surface area contributed by atoms with Gasteiger partial charge in [-0.05, 0) is 37.5 Å². The summed E-state index contributed by atoms with van der Waals surface area (Å²) in [6.45, 7) is 3.59. The van der Waals surface area contributed by atoms with Crippen LogP contribution in [0.3, 0.4) is 0 Å². The van der Waals surface area contributed by atoms with Gasteiger partial charge in [0.2, 0.25) is 5.91 Å². The minimum absolute atomic E-state index is 0. The van der Waals surface area contributed by atoms with Crippen LogP contribution < -0.4 is 16.0 Å². The summed E-state index contributed by atoms with van der Waals surface area (Å²) < 4.78 is 5.48. The molecular formula is C17H24ClN3O3. The van der Waals surface area contributed by atoms with Crippen molar-refractivity contribution in [2.45, 2.75) is 44.5 Å². The van der Waals surface area contributed by atoms with Crippen molar-refractivity contribution in [2.75, 3.05) is 13.2 Å². The highest BCUT2D eigenvalue weighted by Gasteiger charge is 2.28. The molecule has 1 aromatic carbocycles. The molecule has 0 spiro atoms. The predicted molar refractivity (Wildman–Crippen MR) is 93.2 cm³/mol. The van der Waals surface area contributed by atoms with E-state index in [0.29, 0.717) is 31.3 Å². The summed E-state index contributed by atoms with van der Waals surface area (Å²) in [6, 6.07) is 7.37. The maximum absolute atomic E-state index is 12.2. The smallest absolute Gasteiger partial charge is 0.251 e. The average Bonchev–Trinajstić information content (AvgIpc) is 3.37. The van der Waals surface area contributed by atoms with E-state index in [9.17, 15) is 9.59 Å². The minimum Gasteiger partial charge on any atom is -0.375 e. The van der Waals surface area contributed by atoms with Gasteiger partial charge in [-0.1, -0.05) is 12.1 Å². The molecule has 0 aromatic heterocycles. The zero-order chi connectivity index (χ0) is 16.2. The van der Waals surface area contributed by atoms with Gasteiger partial charge in [-0.3, -0.25) is 9.59 Å². The number of ether oxygens (including phenoxy) is 1. The van der Waals surface area contributed by atoms with Gasteiger partial charge in [0.05, 0.1) is 12.7 Å². The third-order valence-electron chi connectivity index (χ3n) is 4.17. The molecule has 1 saturated heterocycles. The molecule has 1 aliphatic heterocycles. The van der Waals surface area contributed by atoms with E-state index < -0.39 is 0 Å². The number of amides is 2. The molecule has 2 atom stereocenters. The van der Waals surface area contributed by atoms with Crippen molar-refractivity contribution in [1.29, 1.82) is 0 Å². The molecule has 2 amide bonds. The number of rotatable bonds is 5. The third kappa shape index (κ3) is 4.93. The van der Waals surface area contributed by atoms with Crippen LogP contribution in [0.5, 0.6) is 0 Å². The Morgan fingerprint density at radius 2 is 2.12 bits per heavy atom. The van der Waals surface area contributed by atoms with Crippen LogP contribution in [0.15, 0.2) is 24.3 Å². The molecule has 2 fully saturated rings. The molecule has 0 unspecified atom stereocenters. The Kier molecular flexibility index (Phi) is 6.60. The number of nitrogens with one attached hydrogen (secondary N) is 3. The molecule has 0 bridgehead atoms. The lowest BCUT2D eigenvalue weighted by Gasteiger charge is -2.29. The first kappa shape index (κ1) is 18.7. The Labute approximate surface area is 148 Å². The van der Waals surface area contributed by atoms with Crippen LogP contribution in [0.1, 0.15) is 35.7 Å². The first-order valence-corrected chi connectivity index (χ1v) is 8.16. The maximum atomic E-state index is 12.2. The Balaban J connectivity index is 0.00000208. The first-order chi connectivity index (χ1) is 11.1. The van der Waals surface area contributed by atoms with Crippen LogP contribution in [0.2, 0.25) is 0 Å². The van der Waals surface area contributed by atoms with E-state index in [0.717, 1.165) is 18.4 Å².